The normalized spacial score (nSPS) is 11.1. The molecule has 1 aromatic heterocycles. The van der Waals surface area contributed by atoms with Crippen LogP contribution in [0.2, 0.25) is 5.02 Å². The molecule has 0 aliphatic carbocycles. The second-order valence-electron chi connectivity index (χ2n) is 5.83. The third-order valence-electron chi connectivity index (χ3n) is 2.68. The summed E-state index contributed by atoms with van der Waals surface area (Å²) in [4.78, 5) is 11.5. The Bertz CT molecular complexity index is 665. The molecule has 2 aromatic rings. The van der Waals surface area contributed by atoms with Gasteiger partial charge in [0, 0.05) is 12.3 Å². The van der Waals surface area contributed by atoms with Crippen LogP contribution in [0.4, 0.5) is 4.79 Å². The number of para-hydroxylation sites is 1. The van der Waals surface area contributed by atoms with E-state index < -0.39 is 11.7 Å². The molecule has 1 N–H and O–H groups in total. The van der Waals surface area contributed by atoms with E-state index in [2.05, 4.69) is 10.4 Å². The number of nitrogens with one attached hydrogen (secondary N) is 1. The number of nitrogens with zero attached hydrogens (tertiary/aromatic N) is 2. The summed E-state index contributed by atoms with van der Waals surface area (Å²) in [5.41, 5.74) is 0.259. The lowest BCUT2D eigenvalue weighted by atomic mass is 10.2. The zero-order chi connectivity index (χ0) is 16.9. The number of ether oxygens (including phenoxy) is 2. The molecule has 0 atom stereocenters. The Kier molecular flexibility index (Phi) is 5.50. The quantitative estimate of drug-likeness (QED) is 0.849. The van der Waals surface area contributed by atoms with E-state index in [0.29, 0.717) is 24.1 Å². The van der Waals surface area contributed by atoms with Crippen LogP contribution in [0.25, 0.3) is 5.69 Å². The maximum Gasteiger partial charge on any atom is 0.407 e. The second kappa shape index (κ2) is 7.37. The Morgan fingerprint density at radius 3 is 2.74 bits per heavy atom. The molecule has 0 unspecified atom stereocenters. The van der Waals surface area contributed by atoms with Crippen LogP contribution < -0.4 is 10.1 Å². The molecule has 0 spiro atoms. The summed E-state index contributed by atoms with van der Waals surface area (Å²) < 4.78 is 12.2. The Labute approximate surface area is 140 Å². The van der Waals surface area contributed by atoms with Gasteiger partial charge in [0.25, 0.3) is 0 Å². The minimum Gasteiger partial charge on any atom is -0.475 e. The molecule has 6 nitrogen and oxygen atoms in total. The van der Waals surface area contributed by atoms with Gasteiger partial charge in [-0.25, -0.2) is 9.48 Å². The predicted octanol–water partition coefficient (Wildman–Crippen LogP) is 3.43. The zero-order valence-electron chi connectivity index (χ0n) is 13.4. The Hall–Kier alpha value is -2.21. The topological polar surface area (TPSA) is 65.4 Å². The van der Waals surface area contributed by atoms with Crippen LogP contribution in [0, 0.1) is 0 Å². The molecule has 1 amide bonds. The average Bonchev–Trinajstić information content (AvgIpc) is 2.91. The van der Waals surface area contributed by atoms with E-state index in [1.165, 1.54) is 0 Å². The first kappa shape index (κ1) is 17.1. The van der Waals surface area contributed by atoms with Gasteiger partial charge < -0.3 is 14.8 Å². The number of carbonyl (C=O) groups excluding carboxylic acids is 1. The van der Waals surface area contributed by atoms with Crippen LogP contribution >= 0.6 is 11.6 Å². The molecule has 1 aromatic carbocycles. The summed E-state index contributed by atoms with van der Waals surface area (Å²) in [5.74, 6) is 0.455. The highest BCUT2D eigenvalue weighted by Crippen LogP contribution is 2.20. The Morgan fingerprint density at radius 2 is 2.04 bits per heavy atom. The van der Waals surface area contributed by atoms with Crippen LogP contribution in [-0.4, -0.2) is 34.6 Å². The van der Waals surface area contributed by atoms with Gasteiger partial charge in [-0.1, -0.05) is 23.7 Å². The monoisotopic (exact) mass is 337 g/mol. The number of rotatable bonds is 5. The molecule has 0 bridgehead atoms. The first-order valence-corrected chi connectivity index (χ1v) is 7.63. The van der Waals surface area contributed by atoms with Gasteiger partial charge in [0.05, 0.1) is 17.3 Å². The van der Waals surface area contributed by atoms with Crippen molar-refractivity contribution in [2.45, 2.75) is 26.4 Å². The summed E-state index contributed by atoms with van der Waals surface area (Å²) >= 11 is 6.12. The Morgan fingerprint density at radius 1 is 1.30 bits per heavy atom. The van der Waals surface area contributed by atoms with Crippen molar-refractivity contribution in [1.82, 2.24) is 15.1 Å². The fraction of sp³-hybridized carbons (Fsp3) is 0.375. The number of halogens is 1. The molecule has 1 heterocycles. The van der Waals surface area contributed by atoms with E-state index >= 15 is 0 Å². The summed E-state index contributed by atoms with van der Waals surface area (Å²) in [5, 5.41) is 7.50. The number of alkyl carbamates (subject to hydrolysis) is 1. The molecule has 0 radical (unpaired) electrons. The maximum atomic E-state index is 11.5. The molecule has 0 saturated carbocycles. The number of carbonyl (C=O) groups is 1. The van der Waals surface area contributed by atoms with Gasteiger partial charge in [-0.3, -0.25) is 0 Å². The largest absolute Gasteiger partial charge is 0.475 e. The summed E-state index contributed by atoms with van der Waals surface area (Å²) in [6, 6.07) is 9.13. The lowest BCUT2D eigenvalue weighted by Gasteiger charge is -2.19. The van der Waals surface area contributed by atoms with Crippen molar-refractivity contribution in [2.24, 2.45) is 0 Å². The fourth-order valence-corrected chi connectivity index (χ4v) is 2.00. The van der Waals surface area contributed by atoms with E-state index in [9.17, 15) is 4.79 Å². The number of hydrogen-bond acceptors (Lipinski definition) is 4. The SMILES string of the molecule is CC(C)(C)OC(=O)NCCOc1ccn(-c2ccccc2Cl)n1. The molecule has 2 rings (SSSR count). The van der Waals surface area contributed by atoms with E-state index in [1.54, 1.807) is 23.0 Å². The Balaban J connectivity index is 1.80. The predicted molar refractivity (Wildman–Crippen MR) is 88.3 cm³/mol. The first-order valence-electron chi connectivity index (χ1n) is 7.25. The average molecular weight is 338 g/mol. The van der Waals surface area contributed by atoms with E-state index in [4.69, 9.17) is 21.1 Å². The van der Waals surface area contributed by atoms with Crippen molar-refractivity contribution < 1.29 is 14.3 Å². The highest BCUT2D eigenvalue weighted by Gasteiger charge is 2.15. The lowest BCUT2D eigenvalue weighted by molar-refractivity contribution is 0.0520. The van der Waals surface area contributed by atoms with E-state index in [-0.39, 0.29) is 0 Å². The minimum atomic E-state index is -0.515. The molecule has 23 heavy (non-hydrogen) atoms. The van der Waals surface area contributed by atoms with Gasteiger partial charge in [0.15, 0.2) is 0 Å². The third kappa shape index (κ3) is 5.49. The molecule has 0 saturated heterocycles. The van der Waals surface area contributed by atoms with Gasteiger partial charge in [0.2, 0.25) is 5.88 Å². The van der Waals surface area contributed by atoms with Crippen molar-refractivity contribution in [3.8, 4) is 11.6 Å². The van der Waals surface area contributed by atoms with Gasteiger partial charge >= 0.3 is 6.09 Å². The first-order chi connectivity index (χ1) is 10.8. The number of hydrogen-bond donors (Lipinski definition) is 1. The smallest absolute Gasteiger partial charge is 0.407 e. The molecule has 0 aliphatic rings. The van der Waals surface area contributed by atoms with Crippen molar-refractivity contribution in [3.63, 3.8) is 0 Å². The van der Waals surface area contributed by atoms with Crippen LogP contribution in [-0.2, 0) is 4.74 Å². The van der Waals surface area contributed by atoms with E-state index in [0.717, 1.165) is 5.69 Å². The second-order valence-corrected chi connectivity index (χ2v) is 6.23. The van der Waals surface area contributed by atoms with Gasteiger partial charge in [-0.05, 0) is 32.9 Å². The number of benzene rings is 1. The molecule has 0 fully saturated rings. The van der Waals surface area contributed by atoms with E-state index in [1.807, 2.05) is 39.0 Å². The maximum absolute atomic E-state index is 11.5. The van der Waals surface area contributed by atoms with Crippen LogP contribution in [0.1, 0.15) is 20.8 Å². The van der Waals surface area contributed by atoms with Gasteiger partial charge in [-0.15, -0.1) is 5.10 Å². The molecular weight excluding hydrogens is 318 g/mol. The minimum absolute atomic E-state index is 0.290. The van der Waals surface area contributed by atoms with Crippen molar-refractivity contribution >= 4 is 17.7 Å². The van der Waals surface area contributed by atoms with Crippen LogP contribution in [0.3, 0.4) is 0 Å². The molecule has 0 aliphatic heterocycles. The fourth-order valence-electron chi connectivity index (χ4n) is 1.78. The third-order valence-corrected chi connectivity index (χ3v) is 3.00. The highest BCUT2D eigenvalue weighted by atomic mass is 35.5. The number of aromatic nitrogens is 2. The summed E-state index contributed by atoms with van der Waals surface area (Å²) in [7, 11) is 0. The van der Waals surface area contributed by atoms with Crippen LogP contribution in [0.5, 0.6) is 5.88 Å². The van der Waals surface area contributed by atoms with Gasteiger partial charge in [-0.2, -0.15) is 0 Å². The molecular formula is C16H20ClN3O3. The summed E-state index contributed by atoms with van der Waals surface area (Å²) in [6.45, 7) is 6.05. The lowest BCUT2D eigenvalue weighted by Crippen LogP contribution is -2.34. The standard InChI is InChI=1S/C16H20ClN3O3/c1-16(2,3)23-15(21)18-9-11-22-14-8-10-20(19-14)13-7-5-4-6-12(13)17/h4-8,10H,9,11H2,1-3H3,(H,18,21). The molecule has 7 heteroatoms. The molecule has 124 valence electrons. The van der Waals surface area contributed by atoms with Gasteiger partial charge in [0.1, 0.15) is 12.2 Å². The number of amides is 1. The van der Waals surface area contributed by atoms with Crippen molar-refractivity contribution in [1.29, 1.82) is 0 Å². The van der Waals surface area contributed by atoms with Crippen molar-refractivity contribution in [3.05, 3.63) is 41.6 Å². The zero-order valence-corrected chi connectivity index (χ0v) is 14.1. The van der Waals surface area contributed by atoms with Crippen LogP contribution in [0.15, 0.2) is 36.5 Å². The van der Waals surface area contributed by atoms with Crippen molar-refractivity contribution in [2.75, 3.05) is 13.2 Å². The highest BCUT2D eigenvalue weighted by molar-refractivity contribution is 6.32. The summed E-state index contributed by atoms with van der Waals surface area (Å²) in [6.07, 6.45) is 1.29.